The minimum Gasteiger partial charge on any atom is -0.453 e. The van der Waals surface area contributed by atoms with E-state index in [2.05, 4.69) is 11.4 Å². The molecule has 4 aromatic rings. The third-order valence-corrected chi connectivity index (χ3v) is 7.32. The number of ether oxygens (including phenoxy) is 1. The molecule has 8 heteroatoms. The van der Waals surface area contributed by atoms with Crippen molar-refractivity contribution in [1.82, 2.24) is 0 Å². The van der Waals surface area contributed by atoms with Crippen LogP contribution in [0.1, 0.15) is 17.2 Å². The van der Waals surface area contributed by atoms with Gasteiger partial charge in [0.2, 0.25) is 0 Å². The van der Waals surface area contributed by atoms with Gasteiger partial charge >= 0.3 is 0 Å². The van der Waals surface area contributed by atoms with Crippen LogP contribution in [0, 0.1) is 0 Å². The molecule has 7 nitrogen and oxygen atoms in total. The Morgan fingerprint density at radius 2 is 1.81 bits per heavy atom. The van der Waals surface area contributed by atoms with E-state index in [-0.39, 0.29) is 10.9 Å². The molecule has 4 aromatic carbocycles. The Morgan fingerprint density at radius 3 is 2.61 bits per heavy atom. The molecule has 1 aliphatic carbocycles. The standard InChI is InChI=1S/C28H23N3O4S/c1-31(2)18-10-13-24-26(15-18)35-27-16-25(21-7-3-4-8-22(21)28(27)30-24)29-23-9-5-6-17-14-19(36(32,33)34)11-12-20(17)23/h3-16,25,29H,1-2H3,(H,32,33,34). The maximum atomic E-state index is 11.6. The Morgan fingerprint density at radius 1 is 0.972 bits per heavy atom. The van der Waals surface area contributed by atoms with Gasteiger partial charge in [-0.05, 0) is 47.4 Å². The van der Waals surface area contributed by atoms with Crippen LogP contribution in [0.3, 0.4) is 0 Å². The number of anilines is 2. The van der Waals surface area contributed by atoms with Gasteiger partial charge in [-0.25, -0.2) is 4.99 Å². The van der Waals surface area contributed by atoms with Gasteiger partial charge in [0, 0.05) is 42.5 Å². The van der Waals surface area contributed by atoms with E-state index in [9.17, 15) is 13.0 Å². The molecule has 0 saturated heterocycles. The molecule has 0 aromatic heterocycles. The van der Waals surface area contributed by atoms with Crippen LogP contribution in [0.25, 0.3) is 10.8 Å². The first-order chi connectivity index (χ1) is 17.3. The summed E-state index contributed by atoms with van der Waals surface area (Å²) >= 11 is 0. The largest absolute Gasteiger partial charge is 0.453 e. The molecule has 0 amide bonds. The molecular weight excluding hydrogens is 474 g/mol. The third-order valence-electron chi connectivity index (χ3n) is 6.48. The lowest BCUT2D eigenvalue weighted by molar-refractivity contribution is 0.445. The highest BCUT2D eigenvalue weighted by Gasteiger charge is 2.30. The highest BCUT2D eigenvalue weighted by Crippen LogP contribution is 2.42. The van der Waals surface area contributed by atoms with E-state index in [0.717, 1.165) is 39.3 Å². The molecule has 0 saturated carbocycles. The lowest BCUT2D eigenvalue weighted by Gasteiger charge is -2.30. The number of nitrogens with zero attached hydrogens (tertiary/aromatic N) is 2. The van der Waals surface area contributed by atoms with Gasteiger partial charge in [0.05, 0.1) is 10.9 Å². The number of rotatable bonds is 4. The normalized spacial score (nSPS) is 16.1. The van der Waals surface area contributed by atoms with Crippen molar-refractivity contribution < 1.29 is 17.7 Å². The number of hydrogen-bond donors (Lipinski definition) is 2. The topological polar surface area (TPSA) is 91.2 Å². The second-order valence-corrected chi connectivity index (χ2v) is 10.4. The van der Waals surface area contributed by atoms with Crippen molar-refractivity contribution in [3.63, 3.8) is 0 Å². The molecular formula is C28H23N3O4S. The van der Waals surface area contributed by atoms with Crippen molar-refractivity contribution in [1.29, 1.82) is 0 Å². The Hall–Kier alpha value is -4.14. The third kappa shape index (κ3) is 3.80. The first-order valence-corrected chi connectivity index (χ1v) is 12.9. The minimum absolute atomic E-state index is 0.135. The van der Waals surface area contributed by atoms with E-state index in [1.54, 1.807) is 6.07 Å². The second-order valence-electron chi connectivity index (χ2n) is 9.01. The fourth-order valence-electron chi connectivity index (χ4n) is 4.66. The number of hydrogen-bond acceptors (Lipinski definition) is 6. The average molecular weight is 498 g/mol. The smallest absolute Gasteiger partial charge is 0.294 e. The summed E-state index contributed by atoms with van der Waals surface area (Å²) in [5.41, 5.74) is 5.49. The van der Waals surface area contributed by atoms with Crippen LogP contribution in [0.5, 0.6) is 5.75 Å². The highest BCUT2D eigenvalue weighted by atomic mass is 32.2. The van der Waals surface area contributed by atoms with Crippen molar-refractivity contribution in [3.8, 4) is 5.75 Å². The Kier molecular flexibility index (Phi) is 5.10. The summed E-state index contributed by atoms with van der Waals surface area (Å²) in [6.07, 6.45) is 2.03. The molecule has 1 aliphatic heterocycles. The molecule has 1 heterocycles. The quantitative estimate of drug-likeness (QED) is 0.351. The van der Waals surface area contributed by atoms with Crippen molar-refractivity contribution in [2.24, 2.45) is 4.99 Å². The molecule has 0 spiro atoms. The average Bonchev–Trinajstić information content (AvgIpc) is 2.86. The van der Waals surface area contributed by atoms with E-state index in [0.29, 0.717) is 16.9 Å². The van der Waals surface area contributed by atoms with Crippen molar-refractivity contribution in [2.75, 3.05) is 24.3 Å². The lowest BCUT2D eigenvalue weighted by Crippen LogP contribution is -2.25. The van der Waals surface area contributed by atoms with Crippen LogP contribution < -0.4 is 15.0 Å². The van der Waals surface area contributed by atoms with E-state index in [1.807, 2.05) is 79.7 Å². The minimum atomic E-state index is -4.28. The van der Waals surface area contributed by atoms with Gasteiger partial charge in [0.25, 0.3) is 10.1 Å². The van der Waals surface area contributed by atoms with Crippen LogP contribution >= 0.6 is 0 Å². The molecule has 1 unspecified atom stereocenters. The second kappa shape index (κ2) is 8.22. The maximum Gasteiger partial charge on any atom is 0.294 e. The Labute approximate surface area is 209 Å². The van der Waals surface area contributed by atoms with Crippen LogP contribution in [-0.2, 0) is 10.1 Å². The van der Waals surface area contributed by atoms with Gasteiger partial charge in [0.15, 0.2) is 11.5 Å². The predicted molar refractivity (Wildman–Crippen MR) is 142 cm³/mol. The van der Waals surface area contributed by atoms with Crippen LogP contribution in [0.2, 0.25) is 0 Å². The van der Waals surface area contributed by atoms with Crippen molar-refractivity contribution in [2.45, 2.75) is 10.9 Å². The van der Waals surface area contributed by atoms with Gasteiger partial charge in [-0.1, -0.05) is 42.5 Å². The zero-order valence-corrected chi connectivity index (χ0v) is 20.5. The maximum absolute atomic E-state index is 11.6. The summed E-state index contributed by atoms with van der Waals surface area (Å²) in [7, 11) is -0.314. The van der Waals surface area contributed by atoms with Crippen LogP contribution in [-0.4, -0.2) is 32.8 Å². The van der Waals surface area contributed by atoms with Crippen molar-refractivity contribution in [3.05, 3.63) is 102 Å². The molecule has 0 fully saturated rings. The number of nitrogens with one attached hydrogen (secondary N) is 1. The lowest BCUT2D eigenvalue weighted by atomic mass is 9.89. The number of aliphatic imine (C=N–C) groups is 1. The van der Waals surface area contributed by atoms with E-state index in [1.165, 1.54) is 12.1 Å². The van der Waals surface area contributed by atoms with Gasteiger partial charge in [-0.15, -0.1) is 0 Å². The summed E-state index contributed by atoms with van der Waals surface area (Å²) in [4.78, 5) is 6.81. The number of allylic oxidation sites excluding steroid dienone is 1. The summed E-state index contributed by atoms with van der Waals surface area (Å²) in [6.45, 7) is 0. The monoisotopic (exact) mass is 497 g/mol. The van der Waals surface area contributed by atoms with Crippen molar-refractivity contribution >= 4 is 43.7 Å². The van der Waals surface area contributed by atoms with Gasteiger partial charge in [-0.2, -0.15) is 8.42 Å². The van der Waals surface area contributed by atoms with Gasteiger partial charge in [-0.3, -0.25) is 4.55 Å². The summed E-state index contributed by atoms with van der Waals surface area (Å²) in [5.74, 6) is 1.39. The fourth-order valence-corrected chi connectivity index (χ4v) is 5.18. The predicted octanol–water partition coefficient (Wildman–Crippen LogP) is 5.72. The first kappa shape index (κ1) is 22.3. The molecule has 2 aliphatic rings. The zero-order valence-electron chi connectivity index (χ0n) is 19.6. The molecule has 2 N–H and O–H groups in total. The zero-order chi connectivity index (χ0) is 25.0. The van der Waals surface area contributed by atoms with Crippen LogP contribution in [0.4, 0.5) is 17.1 Å². The number of fused-ring (bicyclic) bond motifs is 5. The Balaban J connectivity index is 1.43. The van der Waals surface area contributed by atoms with E-state index < -0.39 is 10.1 Å². The first-order valence-electron chi connectivity index (χ1n) is 11.4. The Bertz CT molecular complexity index is 1710. The molecule has 0 bridgehead atoms. The van der Waals surface area contributed by atoms with Crippen LogP contribution in [0.15, 0.2) is 101 Å². The van der Waals surface area contributed by atoms with E-state index >= 15 is 0 Å². The summed E-state index contributed by atoms with van der Waals surface area (Å²) in [6, 6.07) is 24.0. The number of benzene rings is 4. The molecule has 0 radical (unpaired) electrons. The molecule has 180 valence electrons. The molecule has 6 rings (SSSR count). The van der Waals surface area contributed by atoms with Gasteiger partial charge < -0.3 is 15.0 Å². The summed E-state index contributed by atoms with van der Waals surface area (Å²) < 4.78 is 39.0. The van der Waals surface area contributed by atoms with Gasteiger partial charge in [0.1, 0.15) is 11.4 Å². The highest BCUT2D eigenvalue weighted by molar-refractivity contribution is 7.85. The molecule has 36 heavy (non-hydrogen) atoms. The molecule has 1 atom stereocenters. The summed E-state index contributed by atoms with van der Waals surface area (Å²) in [5, 5.41) is 5.13. The fraction of sp³-hybridized carbons (Fsp3) is 0.107. The van der Waals surface area contributed by atoms with E-state index in [4.69, 9.17) is 9.73 Å². The SMILES string of the molecule is CN(C)c1ccc2c(c1)OC1=CC(Nc3cccc4cc(S(=O)(=O)O)ccc34)c3ccccc3C1=N2.